The lowest BCUT2D eigenvalue weighted by molar-refractivity contribution is -0.485. The van der Waals surface area contributed by atoms with Crippen LogP contribution in [0, 0.1) is 0 Å². The third kappa shape index (κ3) is 6.26. The van der Waals surface area contributed by atoms with Gasteiger partial charge in [0.25, 0.3) is 0 Å². The molecule has 2 aromatic rings. The normalized spacial score (nSPS) is 35.8. The predicted octanol–water partition coefficient (Wildman–Crippen LogP) is 1.74. The van der Waals surface area contributed by atoms with Crippen LogP contribution in [0.4, 0.5) is 9.59 Å². The molecule has 5 rings (SSSR count). The highest BCUT2D eigenvalue weighted by Gasteiger charge is 2.69. The second kappa shape index (κ2) is 13.2. The molecule has 246 valence electrons. The monoisotopic (exact) mass is 630 g/mol. The molecule has 13 nitrogen and oxygen atoms in total. The molecule has 10 atom stereocenters. The molecule has 1 saturated carbocycles. The van der Waals surface area contributed by atoms with Gasteiger partial charge in [-0.05, 0) is 24.5 Å². The summed E-state index contributed by atoms with van der Waals surface area (Å²) in [6, 6.07) is 15.3. The molecule has 1 unspecified atom stereocenters. The van der Waals surface area contributed by atoms with Crippen LogP contribution in [0.5, 0.6) is 0 Å². The van der Waals surface area contributed by atoms with Crippen LogP contribution in [0.1, 0.15) is 37.8 Å². The Hall–Kier alpha value is -3.30. The average Bonchev–Trinajstić information content (AvgIpc) is 3.03. The van der Waals surface area contributed by atoms with Gasteiger partial charge in [-0.2, -0.15) is 0 Å². The minimum Gasteiger partial charge on any atom is -0.445 e. The number of nitrogens with zero attached hydrogens (tertiary/aromatic N) is 2. The van der Waals surface area contributed by atoms with Crippen molar-refractivity contribution in [2.45, 2.75) is 100 Å². The lowest BCUT2D eigenvalue weighted by Gasteiger charge is -2.61. The Morgan fingerprint density at radius 3 is 1.84 bits per heavy atom. The molecular formula is C32H42N2O11. The Bertz CT molecular complexity index is 1320. The van der Waals surface area contributed by atoms with Crippen molar-refractivity contribution < 1.29 is 53.7 Å². The number of ether oxygens (including phenoxy) is 5. The number of aliphatic hydroxyl groups excluding tert-OH is 2. The molecule has 13 heteroatoms. The molecule has 3 fully saturated rings. The van der Waals surface area contributed by atoms with Crippen molar-refractivity contribution in [1.29, 1.82) is 0 Å². The van der Waals surface area contributed by atoms with Crippen molar-refractivity contribution in [1.82, 2.24) is 9.80 Å². The van der Waals surface area contributed by atoms with Crippen molar-refractivity contribution in [3.05, 3.63) is 71.8 Å². The zero-order valence-corrected chi connectivity index (χ0v) is 25.8. The van der Waals surface area contributed by atoms with Crippen LogP contribution in [0.15, 0.2) is 60.7 Å². The van der Waals surface area contributed by atoms with E-state index in [0.717, 1.165) is 20.9 Å². The summed E-state index contributed by atoms with van der Waals surface area (Å²) in [6.07, 6.45) is -9.62. The van der Waals surface area contributed by atoms with Crippen LogP contribution < -0.4 is 0 Å². The number of carbonyl (C=O) groups excluding carboxylic acids is 2. The van der Waals surface area contributed by atoms with Gasteiger partial charge >= 0.3 is 12.2 Å². The van der Waals surface area contributed by atoms with Crippen LogP contribution in [-0.2, 0) is 36.9 Å². The number of rotatable bonds is 7. The molecule has 0 bridgehead atoms. The van der Waals surface area contributed by atoms with Gasteiger partial charge in [-0.1, -0.05) is 67.6 Å². The zero-order chi connectivity index (χ0) is 32.5. The zero-order valence-electron chi connectivity index (χ0n) is 25.8. The second-order valence-electron chi connectivity index (χ2n) is 12.0. The maximum absolute atomic E-state index is 13.4. The molecule has 0 aromatic heterocycles. The van der Waals surface area contributed by atoms with E-state index in [0.29, 0.717) is 0 Å². The smallest absolute Gasteiger partial charge is 0.410 e. The van der Waals surface area contributed by atoms with Crippen LogP contribution >= 0.6 is 0 Å². The number of hydrogen-bond donors (Lipinski definition) is 4. The second-order valence-corrected chi connectivity index (χ2v) is 12.0. The SMILES string of the molecule is CCC1(O)C[C@@H](C)O[C@H]2O[C@@H]3[C@@H](O)[C@H](N(C)C(=O)OCc4ccccc4)[C@H](O)[C@H](N(C)C(=O)OCc4ccccc4)[C@H]3O[C@]21O. The quantitative estimate of drug-likeness (QED) is 0.352. The number of amides is 2. The first-order valence-electron chi connectivity index (χ1n) is 15.1. The summed E-state index contributed by atoms with van der Waals surface area (Å²) in [5.41, 5.74) is -0.355. The largest absolute Gasteiger partial charge is 0.445 e. The molecule has 0 spiro atoms. The lowest BCUT2D eigenvalue weighted by Crippen LogP contribution is -2.81. The summed E-state index contributed by atoms with van der Waals surface area (Å²) in [7, 11) is 2.72. The van der Waals surface area contributed by atoms with Gasteiger partial charge < -0.3 is 53.9 Å². The first-order valence-corrected chi connectivity index (χ1v) is 15.1. The predicted molar refractivity (Wildman–Crippen MR) is 157 cm³/mol. The molecule has 4 N–H and O–H groups in total. The summed E-state index contributed by atoms with van der Waals surface area (Å²) in [5.74, 6) is -2.41. The van der Waals surface area contributed by atoms with E-state index in [1.165, 1.54) is 14.1 Å². The van der Waals surface area contributed by atoms with E-state index in [-0.39, 0.29) is 26.1 Å². The summed E-state index contributed by atoms with van der Waals surface area (Å²) in [5, 5.41) is 46.7. The third-order valence-corrected chi connectivity index (χ3v) is 9.08. The van der Waals surface area contributed by atoms with Crippen molar-refractivity contribution >= 4 is 12.2 Å². The molecule has 2 heterocycles. The minimum absolute atomic E-state index is 0.0145. The Morgan fingerprint density at radius 2 is 1.33 bits per heavy atom. The van der Waals surface area contributed by atoms with Gasteiger partial charge in [-0.15, -0.1) is 0 Å². The van der Waals surface area contributed by atoms with Crippen molar-refractivity contribution in [3.8, 4) is 0 Å². The van der Waals surface area contributed by atoms with E-state index >= 15 is 0 Å². The summed E-state index contributed by atoms with van der Waals surface area (Å²) in [6.45, 7) is 3.25. The Morgan fingerprint density at radius 1 is 0.822 bits per heavy atom. The number of fused-ring (bicyclic) bond motifs is 2. The highest BCUT2D eigenvalue weighted by molar-refractivity contribution is 5.69. The number of likely N-dealkylation sites (N-methyl/N-ethyl adjacent to an activating group) is 2. The fourth-order valence-electron chi connectivity index (χ4n) is 6.50. The maximum atomic E-state index is 13.4. The van der Waals surface area contributed by atoms with E-state index in [4.69, 9.17) is 23.7 Å². The molecule has 3 aliphatic rings. The van der Waals surface area contributed by atoms with Gasteiger partial charge in [-0.25, -0.2) is 9.59 Å². The van der Waals surface area contributed by atoms with E-state index in [1.807, 2.05) is 12.1 Å². The van der Waals surface area contributed by atoms with Gasteiger partial charge in [-0.3, -0.25) is 0 Å². The first-order chi connectivity index (χ1) is 21.4. The van der Waals surface area contributed by atoms with E-state index in [2.05, 4.69) is 0 Å². The molecule has 1 aliphatic carbocycles. The standard InChI is InChI=1S/C32H42N2O11/c1-5-31(39)16-19(2)43-28-32(31,40)45-26-23(34(4)30(38)42-18-21-14-10-7-11-15-21)24(35)22(25(36)27(26)44-28)33(3)29(37)41-17-20-12-8-6-9-13-20/h6-15,19,22-28,35-36,39-40H,5,16-18H2,1-4H3/t19-,22-,23+,24+,25+,26-,27-,28+,31?,32-/m1/s1. The van der Waals surface area contributed by atoms with Crippen molar-refractivity contribution in [3.63, 3.8) is 0 Å². The molecule has 2 aromatic carbocycles. The molecule has 0 radical (unpaired) electrons. The maximum Gasteiger partial charge on any atom is 0.410 e. The number of aliphatic hydroxyl groups is 4. The number of benzene rings is 2. The van der Waals surface area contributed by atoms with Crippen LogP contribution in [0.2, 0.25) is 0 Å². The Kier molecular flexibility index (Phi) is 9.70. The van der Waals surface area contributed by atoms with Gasteiger partial charge in [0, 0.05) is 20.5 Å². The molecule has 2 amide bonds. The summed E-state index contributed by atoms with van der Waals surface area (Å²) in [4.78, 5) is 28.7. The third-order valence-electron chi connectivity index (χ3n) is 9.08. The van der Waals surface area contributed by atoms with Crippen molar-refractivity contribution in [2.24, 2.45) is 0 Å². The van der Waals surface area contributed by atoms with Gasteiger partial charge in [0.05, 0.1) is 18.2 Å². The first kappa shape index (κ1) is 33.1. The topological polar surface area (TPSA) is 168 Å². The van der Waals surface area contributed by atoms with Crippen molar-refractivity contribution in [2.75, 3.05) is 14.1 Å². The fourth-order valence-corrected chi connectivity index (χ4v) is 6.50. The van der Waals surface area contributed by atoms with Gasteiger partial charge in [0.2, 0.25) is 12.1 Å². The fraction of sp³-hybridized carbons (Fsp3) is 0.562. The highest BCUT2D eigenvalue weighted by Crippen LogP contribution is 2.48. The summed E-state index contributed by atoms with van der Waals surface area (Å²) >= 11 is 0. The Labute approximate surface area is 261 Å². The van der Waals surface area contributed by atoms with Crippen LogP contribution in [0.25, 0.3) is 0 Å². The molecular weight excluding hydrogens is 588 g/mol. The average molecular weight is 631 g/mol. The van der Waals surface area contributed by atoms with E-state index < -0.39 is 72.5 Å². The van der Waals surface area contributed by atoms with E-state index in [1.54, 1.807) is 62.4 Å². The van der Waals surface area contributed by atoms with Gasteiger partial charge in [0.15, 0.2) is 0 Å². The van der Waals surface area contributed by atoms with E-state index in [9.17, 15) is 30.0 Å². The summed E-state index contributed by atoms with van der Waals surface area (Å²) < 4.78 is 29.1. The molecule has 2 saturated heterocycles. The lowest BCUT2D eigenvalue weighted by atomic mass is 9.76. The van der Waals surface area contributed by atoms with Crippen LogP contribution in [-0.4, -0.2) is 117 Å². The highest BCUT2D eigenvalue weighted by atomic mass is 16.8. The number of carbonyl (C=O) groups is 2. The number of hydrogen-bond acceptors (Lipinski definition) is 11. The van der Waals surface area contributed by atoms with Gasteiger partial charge in [0.1, 0.15) is 43.2 Å². The molecule has 2 aliphatic heterocycles. The molecule has 45 heavy (non-hydrogen) atoms. The Balaban J connectivity index is 1.44. The minimum atomic E-state index is -2.41. The van der Waals surface area contributed by atoms with Crippen LogP contribution in [0.3, 0.4) is 0 Å².